The molecule has 0 aliphatic carbocycles. The number of hydrogen-bond donors (Lipinski definition) is 2. The van der Waals surface area contributed by atoms with Crippen LogP contribution in [0.15, 0.2) is 18.2 Å². The van der Waals surface area contributed by atoms with E-state index in [-0.39, 0.29) is 5.56 Å². The van der Waals surface area contributed by atoms with E-state index in [4.69, 9.17) is 10.2 Å². The third-order valence-corrected chi connectivity index (χ3v) is 1.66. The first-order valence-electron chi connectivity index (χ1n) is 3.75. The van der Waals surface area contributed by atoms with E-state index in [9.17, 15) is 14.0 Å². The molecule has 1 aromatic carbocycles. The molecular weight excluding hydrogens is 191 g/mol. The molecule has 0 saturated heterocycles. The Hall–Kier alpha value is -1.91. The maximum absolute atomic E-state index is 13.0. The fourth-order valence-corrected chi connectivity index (χ4v) is 1.12. The van der Waals surface area contributed by atoms with E-state index in [2.05, 4.69) is 0 Å². The number of aromatic carboxylic acids is 1. The van der Waals surface area contributed by atoms with Gasteiger partial charge in [0.15, 0.2) is 0 Å². The average Bonchev–Trinajstić information content (AvgIpc) is 2.01. The fourth-order valence-electron chi connectivity index (χ4n) is 1.12. The van der Waals surface area contributed by atoms with Crippen molar-refractivity contribution in [1.29, 1.82) is 0 Å². The standard InChI is InChI=1S/C9H7FO4/c10-6-3-1-2-5(4-7(11)12)8(6)9(13)14/h1-3H,4H2,(H,11,12)(H,13,14). The largest absolute Gasteiger partial charge is 0.481 e. The van der Waals surface area contributed by atoms with E-state index in [0.29, 0.717) is 0 Å². The van der Waals surface area contributed by atoms with Gasteiger partial charge in [0.25, 0.3) is 0 Å². The Bertz CT molecular complexity index is 386. The first kappa shape index (κ1) is 10.2. The molecular formula is C9H7FO4. The molecule has 0 spiro atoms. The van der Waals surface area contributed by atoms with Crippen molar-refractivity contribution >= 4 is 11.9 Å². The number of rotatable bonds is 3. The molecule has 0 aliphatic heterocycles. The molecule has 0 fully saturated rings. The quantitative estimate of drug-likeness (QED) is 0.763. The number of carboxylic acid groups (broad SMARTS) is 2. The summed E-state index contributed by atoms with van der Waals surface area (Å²) in [6.07, 6.45) is -0.501. The minimum atomic E-state index is -1.46. The summed E-state index contributed by atoms with van der Waals surface area (Å²) in [4.78, 5) is 20.9. The molecule has 1 rings (SSSR count). The second-order valence-corrected chi connectivity index (χ2v) is 2.65. The molecule has 0 unspecified atom stereocenters. The van der Waals surface area contributed by atoms with Crippen LogP contribution in [0, 0.1) is 5.82 Å². The van der Waals surface area contributed by atoms with Gasteiger partial charge in [-0.2, -0.15) is 0 Å². The number of aliphatic carboxylic acids is 1. The van der Waals surface area contributed by atoms with Crippen LogP contribution in [0.1, 0.15) is 15.9 Å². The second kappa shape index (κ2) is 3.87. The van der Waals surface area contributed by atoms with Crippen LogP contribution >= 0.6 is 0 Å². The zero-order chi connectivity index (χ0) is 10.7. The summed E-state index contributed by atoms with van der Waals surface area (Å²) >= 11 is 0. The van der Waals surface area contributed by atoms with Gasteiger partial charge in [0.2, 0.25) is 0 Å². The van der Waals surface area contributed by atoms with E-state index in [0.717, 1.165) is 6.07 Å². The molecule has 0 amide bonds. The monoisotopic (exact) mass is 198 g/mol. The number of carbonyl (C=O) groups is 2. The highest BCUT2D eigenvalue weighted by Gasteiger charge is 2.16. The summed E-state index contributed by atoms with van der Waals surface area (Å²) in [6, 6.07) is 3.54. The first-order chi connectivity index (χ1) is 6.52. The van der Waals surface area contributed by atoms with Gasteiger partial charge in [-0.1, -0.05) is 12.1 Å². The lowest BCUT2D eigenvalue weighted by molar-refractivity contribution is -0.136. The van der Waals surface area contributed by atoms with E-state index in [1.54, 1.807) is 0 Å². The second-order valence-electron chi connectivity index (χ2n) is 2.65. The van der Waals surface area contributed by atoms with Gasteiger partial charge in [0, 0.05) is 0 Å². The van der Waals surface area contributed by atoms with E-state index in [1.165, 1.54) is 12.1 Å². The van der Waals surface area contributed by atoms with Gasteiger partial charge < -0.3 is 10.2 Å². The maximum atomic E-state index is 13.0. The third-order valence-electron chi connectivity index (χ3n) is 1.66. The summed E-state index contributed by atoms with van der Waals surface area (Å²) in [5.41, 5.74) is -0.611. The molecule has 0 aliphatic rings. The Morgan fingerprint density at radius 2 is 1.93 bits per heavy atom. The molecule has 0 bridgehead atoms. The van der Waals surface area contributed by atoms with Crippen LogP contribution in [-0.2, 0) is 11.2 Å². The highest BCUT2D eigenvalue weighted by atomic mass is 19.1. The Balaban J connectivity index is 3.21. The van der Waals surface area contributed by atoms with Crippen LogP contribution in [0.25, 0.3) is 0 Å². The van der Waals surface area contributed by atoms with Gasteiger partial charge in [-0.3, -0.25) is 4.79 Å². The van der Waals surface area contributed by atoms with Crippen molar-refractivity contribution in [2.75, 3.05) is 0 Å². The highest BCUT2D eigenvalue weighted by molar-refractivity contribution is 5.91. The van der Waals surface area contributed by atoms with Crippen LogP contribution in [0.2, 0.25) is 0 Å². The van der Waals surface area contributed by atoms with Crippen molar-refractivity contribution in [3.63, 3.8) is 0 Å². The molecule has 0 heterocycles. The summed E-state index contributed by atoms with van der Waals surface area (Å²) in [5, 5.41) is 17.1. The van der Waals surface area contributed by atoms with E-state index >= 15 is 0 Å². The van der Waals surface area contributed by atoms with Gasteiger partial charge in [0.05, 0.1) is 12.0 Å². The average molecular weight is 198 g/mol. The lowest BCUT2D eigenvalue weighted by Gasteiger charge is -2.03. The van der Waals surface area contributed by atoms with Gasteiger partial charge in [0.1, 0.15) is 5.82 Å². The number of halogens is 1. The molecule has 0 aromatic heterocycles. The van der Waals surface area contributed by atoms with Crippen molar-refractivity contribution in [2.24, 2.45) is 0 Å². The van der Waals surface area contributed by atoms with Crippen molar-refractivity contribution < 1.29 is 24.2 Å². The molecule has 74 valence electrons. The topological polar surface area (TPSA) is 74.6 Å². The molecule has 1 aromatic rings. The summed E-state index contributed by atoms with van der Waals surface area (Å²) < 4.78 is 13.0. The Kier molecular flexibility index (Phi) is 2.81. The van der Waals surface area contributed by atoms with Gasteiger partial charge >= 0.3 is 11.9 Å². The fraction of sp³-hybridized carbons (Fsp3) is 0.111. The van der Waals surface area contributed by atoms with Crippen LogP contribution in [0.5, 0.6) is 0 Å². The van der Waals surface area contributed by atoms with Crippen LogP contribution < -0.4 is 0 Å². The minimum Gasteiger partial charge on any atom is -0.481 e. The first-order valence-corrected chi connectivity index (χ1v) is 3.75. The summed E-state index contributed by atoms with van der Waals surface area (Å²) in [5.74, 6) is -3.58. The van der Waals surface area contributed by atoms with Crippen LogP contribution in [0.3, 0.4) is 0 Å². The van der Waals surface area contributed by atoms with Crippen LogP contribution in [-0.4, -0.2) is 22.2 Å². The van der Waals surface area contributed by atoms with Crippen molar-refractivity contribution in [2.45, 2.75) is 6.42 Å². The zero-order valence-electron chi connectivity index (χ0n) is 7.03. The SMILES string of the molecule is O=C(O)Cc1cccc(F)c1C(=O)O. The Morgan fingerprint density at radius 1 is 1.29 bits per heavy atom. The van der Waals surface area contributed by atoms with E-state index < -0.39 is 29.7 Å². The molecule has 14 heavy (non-hydrogen) atoms. The molecule has 0 atom stereocenters. The predicted molar refractivity (Wildman–Crippen MR) is 44.7 cm³/mol. The Labute approximate surface area is 78.6 Å². The normalized spacial score (nSPS) is 9.79. The maximum Gasteiger partial charge on any atom is 0.338 e. The molecule has 0 saturated carbocycles. The lowest BCUT2D eigenvalue weighted by atomic mass is 10.0. The summed E-state index contributed by atoms with van der Waals surface area (Å²) in [7, 11) is 0. The lowest BCUT2D eigenvalue weighted by Crippen LogP contribution is -2.09. The zero-order valence-corrected chi connectivity index (χ0v) is 7.03. The number of carboxylic acids is 2. The smallest absolute Gasteiger partial charge is 0.338 e. The minimum absolute atomic E-state index is 0.0370. The predicted octanol–water partition coefficient (Wildman–Crippen LogP) is 1.15. The van der Waals surface area contributed by atoms with E-state index in [1.807, 2.05) is 0 Å². The summed E-state index contributed by atoms with van der Waals surface area (Å²) in [6.45, 7) is 0. The Morgan fingerprint density at radius 3 is 2.43 bits per heavy atom. The van der Waals surface area contributed by atoms with Gasteiger partial charge in [-0.05, 0) is 11.6 Å². The molecule has 0 radical (unpaired) electrons. The van der Waals surface area contributed by atoms with Crippen LogP contribution in [0.4, 0.5) is 4.39 Å². The molecule has 4 nitrogen and oxygen atoms in total. The molecule has 5 heteroatoms. The van der Waals surface area contributed by atoms with Crippen molar-refractivity contribution in [1.82, 2.24) is 0 Å². The van der Waals surface area contributed by atoms with Gasteiger partial charge in [-0.15, -0.1) is 0 Å². The van der Waals surface area contributed by atoms with Gasteiger partial charge in [-0.25, -0.2) is 9.18 Å². The number of hydrogen-bond acceptors (Lipinski definition) is 2. The highest BCUT2D eigenvalue weighted by Crippen LogP contribution is 2.14. The number of benzene rings is 1. The third kappa shape index (κ3) is 2.07. The van der Waals surface area contributed by atoms with Crippen molar-refractivity contribution in [3.05, 3.63) is 35.1 Å². The molecule has 2 N–H and O–H groups in total. The van der Waals surface area contributed by atoms with Crippen molar-refractivity contribution in [3.8, 4) is 0 Å².